The van der Waals surface area contributed by atoms with Gasteiger partial charge in [0, 0.05) is 17.1 Å². The van der Waals surface area contributed by atoms with Crippen LogP contribution in [0.15, 0.2) is 27.4 Å². The molecule has 0 radical (unpaired) electrons. The molecule has 5 nitrogen and oxygen atoms in total. The molecule has 1 aromatic carbocycles. The molecule has 2 rings (SSSR count). The summed E-state index contributed by atoms with van der Waals surface area (Å²) in [5.41, 5.74) is 0.953. The normalized spacial score (nSPS) is 11.0. The molecule has 114 valence electrons. The van der Waals surface area contributed by atoms with Gasteiger partial charge < -0.3 is 10.1 Å². The summed E-state index contributed by atoms with van der Waals surface area (Å²) in [6, 6.07) is 3.90. The molecular formula is C14H18Br2N4O. The number of benzene rings is 1. The number of nitrogens with zero attached hydrogens (tertiary/aromatic N) is 3. The lowest BCUT2D eigenvalue weighted by Gasteiger charge is -2.13. The van der Waals surface area contributed by atoms with Crippen molar-refractivity contribution in [2.75, 3.05) is 12.4 Å². The minimum Gasteiger partial charge on any atom is -0.495 e. The van der Waals surface area contributed by atoms with E-state index < -0.39 is 0 Å². The fraction of sp³-hybridized carbons (Fsp3) is 0.429. The van der Waals surface area contributed by atoms with Crippen molar-refractivity contribution in [3.05, 3.63) is 33.2 Å². The lowest BCUT2D eigenvalue weighted by molar-refractivity contribution is 0.412. The maximum Gasteiger partial charge on any atom is 0.146 e. The van der Waals surface area contributed by atoms with E-state index in [-0.39, 0.29) is 0 Å². The predicted molar refractivity (Wildman–Crippen MR) is 90.6 cm³/mol. The maximum absolute atomic E-state index is 5.31. The molecule has 0 spiro atoms. The molecule has 0 fully saturated rings. The summed E-state index contributed by atoms with van der Waals surface area (Å²) in [7, 11) is 1.65. The molecule has 7 heteroatoms. The zero-order valence-electron chi connectivity index (χ0n) is 12.2. The van der Waals surface area contributed by atoms with Gasteiger partial charge in [-0.1, -0.05) is 13.8 Å². The topological polar surface area (TPSA) is 52.0 Å². The molecule has 0 aliphatic carbocycles. The number of nitrogens with one attached hydrogen (secondary N) is 1. The Labute approximate surface area is 141 Å². The highest BCUT2D eigenvalue weighted by atomic mass is 79.9. The van der Waals surface area contributed by atoms with Crippen molar-refractivity contribution in [3.63, 3.8) is 0 Å². The molecule has 0 unspecified atom stereocenters. The Morgan fingerprint density at radius 1 is 1.29 bits per heavy atom. The fourth-order valence-electron chi connectivity index (χ4n) is 1.92. The van der Waals surface area contributed by atoms with Gasteiger partial charge in [-0.05, 0) is 43.8 Å². The zero-order chi connectivity index (χ0) is 15.4. The van der Waals surface area contributed by atoms with Gasteiger partial charge in [0.05, 0.1) is 23.8 Å². The SMILES string of the molecule is COc1cc(NCc2ncnn2CC(C)C)c(Br)cc1Br. The smallest absolute Gasteiger partial charge is 0.146 e. The van der Waals surface area contributed by atoms with Gasteiger partial charge in [0.2, 0.25) is 0 Å². The second-order valence-electron chi connectivity index (χ2n) is 5.07. The number of rotatable bonds is 6. The number of hydrogen-bond donors (Lipinski definition) is 1. The van der Waals surface area contributed by atoms with E-state index >= 15 is 0 Å². The van der Waals surface area contributed by atoms with Crippen molar-refractivity contribution >= 4 is 37.5 Å². The molecule has 0 saturated heterocycles. The van der Waals surface area contributed by atoms with Crippen LogP contribution >= 0.6 is 31.9 Å². The van der Waals surface area contributed by atoms with Crippen molar-refractivity contribution in [1.82, 2.24) is 14.8 Å². The Morgan fingerprint density at radius 2 is 2.05 bits per heavy atom. The first-order chi connectivity index (χ1) is 10.0. The van der Waals surface area contributed by atoms with Crippen LogP contribution in [0.4, 0.5) is 5.69 Å². The lowest BCUT2D eigenvalue weighted by Crippen LogP contribution is -2.13. The molecule has 1 N–H and O–H groups in total. The van der Waals surface area contributed by atoms with Gasteiger partial charge in [0.15, 0.2) is 0 Å². The highest BCUT2D eigenvalue weighted by Gasteiger charge is 2.10. The van der Waals surface area contributed by atoms with Crippen molar-refractivity contribution in [1.29, 1.82) is 0 Å². The van der Waals surface area contributed by atoms with E-state index in [0.717, 1.165) is 32.8 Å². The van der Waals surface area contributed by atoms with Crippen LogP contribution < -0.4 is 10.1 Å². The second kappa shape index (κ2) is 7.26. The molecule has 0 aliphatic heterocycles. The predicted octanol–water partition coefficient (Wildman–Crippen LogP) is 4.08. The van der Waals surface area contributed by atoms with Crippen LogP contribution in [0.2, 0.25) is 0 Å². The first-order valence-electron chi connectivity index (χ1n) is 6.64. The minimum atomic E-state index is 0.532. The largest absolute Gasteiger partial charge is 0.495 e. The Bertz CT molecular complexity index is 613. The fourth-order valence-corrected chi connectivity index (χ4v) is 3.21. The molecule has 2 aromatic rings. The number of hydrogen-bond acceptors (Lipinski definition) is 4. The van der Waals surface area contributed by atoms with Gasteiger partial charge in [0.25, 0.3) is 0 Å². The maximum atomic E-state index is 5.31. The van der Waals surface area contributed by atoms with Crippen molar-refractivity contribution in [2.45, 2.75) is 26.9 Å². The Balaban J connectivity index is 2.11. The number of anilines is 1. The second-order valence-corrected chi connectivity index (χ2v) is 6.78. The van der Waals surface area contributed by atoms with Crippen LogP contribution in [0, 0.1) is 5.92 Å². The zero-order valence-corrected chi connectivity index (χ0v) is 15.4. The Hall–Kier alpha value is -1.08. The van der Waals surface area contributed by atoms with E-state index in [1.165, 1.54) is 0 Å². The minimum absolute atomic E-state index is 0.532. The van der Waals surface area contributed by atoms with Gasteiger partial charge in [-0.25, -0.2) is 9.67 Å². The van der Waals surface area contributed by atoms with Crippen molar-refractivity contribution in [3.8, 4) is 5.75 Å². The quantitative estimate of drug-likeness (QED) is 0.769. The van der Waals surface area contributed by atoms with Crippen LogP contribution in [-0.2, 0) is 13.1 Å². The van der Waals surface area contributed by atoms with E-state index in [9.17, 15) is 0 Å². The standard InChI is InChI=1S/C14H18Br2N4O/c1-9(2)7-20-14(18-8-19-20)6-17-12-5-13(21-3)11(16)4-10(12)15/h4-5,8-9,17H,6-7H2,1-3H3. The summed E-state index contributed by atoms with van der Waals surface area (Å²) >= 11 is 7.00. The molecule has 21 heavy (non-hydrogen) atoms. The lowest BCUT2D eigenvalue weighted by atomic mass is 10.2. The van der Waals surface area contributed by atoms with Crippen LogP contribution in [0.25, 0.3) is 0 Å². The van der Waals surface area contributed by atoms with Crippen molar-refractivity contribution in [2.24, 2.45) is 5.92 Å². The van der Waals surface area contributed by atoms with Crippen LogP contribution in [-0.4, -0.2) is 21.9 Å². The summed E-state index contributed by atoms with van der Waals surface area (Å²) in [4.78, 5) is 4.31. The third kappa shape index (κ3) is 4.20. The molecule has 0 bridgehead atoms. The third-order valence-corrected chi connectivity index (χ3v) is 4.19. The first kappa shape index (κ1) is 16.3. The summed E-state index contributed by atoms with van der Waals surface area (Å²) in [6.07, 6.45) is 1.59. The summed E-state index contributed by atoms with van der Waals surface area (Å²) in [5.74, 6) is 2.23. The van der Waals surface area contributed by atoms with Crippen molar-refractivity contribution < 1.29 is 4.74 Å². The number of ether oxygens (including phenoxy) is 1. The molecule has 1 aromatic heterocycles. The summed E-state index contributed by atoms with van der Waals surface area (Å²) in [5, 5.41) is 7.62. The van der Waals surface area contributed by atoms with Crippen LogP contribution in [0.5, 0.6) is 5.75 Å². The molecular weight excluding hydrogens is 400 g/mol. The monoisotopic (exact) mass is 416 g/mol. The molecule has 0 amide bonds. The first-order valence-corrected chi connectivity index (χ1v) is 8.23. The van der Waals surface area contributed by atoms with E-state index in [4.69, 9.17) is 4.74 Å². The number of aromatic nitrogens is 3. The number of methoxy groups -OCH3 is 1. The van der Waals surface area contributed by atoms with Gasteiger partial charge >= 0.3 is 0 Å². The highest BCUT2D eigenvalue weighted by Crippen LogP contribution is 2.34. The van der Waals surface area contributed by atoms with Gasteiger partial charge in [-0.2, -0.15) is 5.10 Å². The molecule has 0 saturated carbocycles. The number of halogens is 2. The molecule has 0 aliphatic rings. The Morgan fingerprint density at radius 3 is 2.71 bits per heavy atom. The Kier molecular flexibility index (Phi) is 5.64. The summed E-state index contributed by atoms with van der Waals surface area (Å²) < 4.78 is 9.12. The molecule has 1 heterocycles. The van der Waals surface area contributed by atoms with E-state index in [2.05, 4.69) is 61.1 Å². The molecule has 0 atom stereocenters. The van der Waals surface area contributed by atoms with E-state index in [1.54, 1.807) is 13.4 Å². The van der Waals surface area contributed by atoms with E-state index in [1.807, 2.05) is 16.8 Å². The summed E-state index contributed by atoms with van der Waals surface area (Å²) in [6.45, 7) is 5.79. The van der Waals surface area contributed by atoms with E-state index in [0.29, 0.717) is 12.5 Å². The van der Waals surface area contributed by atoms with Crippen LogP contribution in [0.3, 0.4) is 0 Å². The third-order valence-electron chi connectivity index (χ3n) is 2.91. The van der Waals surface area contributed by atoms with Gasteiger partial charge in [-0.3, -0.25) is 0 Å². The van der Waals surface area contributed by atoms with Gasteiger partial charge in [-0.15, -0.1) is 0 Å². The average molecular weight is 418 g/mol. The highest BCUT2D eigenvalue weighted by molar-refractivity contribution is 9.11. The van der Waals surface area contributed by atoms with Crippen LogP contribution in [0.1, 0.15) is 19.7 Å². The average Bonchev–Trinajstić information content (AvgIpc) is 2.84. The van der Waals surface area contributed by atoms with Gasteiger partial charge in [0.1, 0.15) is 17.9 Å².